The molecule has 4 amide bonds. The van der Waals surface area contributed by atoms with Crippen molar-refractivity contribution in [2.45, 2.75) is 37.5 Å². The molecule has 0 fully saturated rings. The smallest absolute Gasteiger partial charge is 0.319 e. The van der Waals surface area contributed by atoms with Crippen LogP contribution in [0.3, 0.4) is 0 Å². The highest BCUT2D eigenvalue weighted by atomic mass is 32.2. The van der Waals surface area contributed by atoms with Crippen LogP contribution in [0.4, 0.5) is 21.0 Å². The minimum atomic E-state index is -3.76. The fourth-order valence-electron chi connectivity index (χ4n) is 3.66. The molecule has 0 unspecified atom stereocenters. The van der Waals surface area contributed by atoms with Crippen molar-refractivity contribution in [2.24, 2.45) is 0 Å². The number of rotatable bonds is 14. The van der Waals surface area contributed by atoms with Gasteiger partial charge in [0, 0.05) is 37.6 Å². The second-order valence-electron chi connectivity index (χ2n) is 8.37. The van der Waals surface area contributed by atoms with Crippen LogP contribution >= 0.6 is 0 Å². The zero-order valence-corrected chi connectivity index (χ0v) is 23.0. The number of likely N-dealkylation sites (N-methyl/N-ethyl adjacent to an activating group) is 2. The van der Waals surface area contributed by atoms with Gasteiger partial charge >= 0.3 is 12.1 Å². The highest BCUT2D eigenvalue weighted by Crippen LogP contribution is 2.23. The van der Waals surface area contributed by atoms with E-state index in [-0.39, 0.29) is 21.9 Å². The molecule has 0 radical (unpaired) electrons. The fourth-order valence-corrected chi connectivity index (χ4v) is 4.92. The van der Waals surface area contributed by atoms with Gasteiger partial charge in [-0.05, 0) is 74.7 Å². The van der Waals surface area contributed by atoms with Crippen LogP contribution in [-0.2, 0) is 9.84 Å². The van der Waals surface area contributed by atoms with E-state index in [1.165, 1.54) is 24.3 Å². The Kier molecular flexibility index (Phi) is 12.3. The van der Waals surface area contributed by atoms with Crippen LogP contribution in [0, 0.1) is 0 Å². The van der Waals surface area contributed by atoms with Gasteiger partial charge < -0.3 is 31.1 Å². The Morgan fingerprint density at radius 1 is 0.622 bits per heavy atom. The first-order valence-electron chi connectivity index (χ1n) is 12.7. The van der Waals surface area contributed by atoms with Crippen LogP contribution in [-0.4, -0.2) is 82.6 Å². The zero-order valence-electron chi connectivity index (χ0n) is 22.2. The number of urea groups is 2. The zero-order chi connectivity index (χ0) is 27.3. The Balaban J connectivity index is 1.90. The van der Waals surface area contributed by atoms with Gasteiger partial charge in [0.1, 0.15) is 0 Å². The molecule has 204 valence electrons. The first kappa shape index (κ1) is 30.1. The number of benzene rings is 2. The van der Waals surface area contributed by atoms with Crippen LogP contribution in [0.5, 0.6) is 0 Å². The summed E-state index contributed by atoms with van der Waals surface area (Å²) in [4.78, 5) is 28.8. The SMILES string of the molecule is CCN(CC)CCNC(=O)Nc1ccc(S(=O)(=O)c2ccc(NC(=O)NCCN(CC)CC)cc2)cc1. The molecule has 0 bridgehead atoms. The molecule has 0 saturated carbocycles. The molecule has 0 atom stereocenters. The van der Waals surface area contributed by atoms with Crippen molar-refractivity contribution < 1.29 is 18.0 Å². The molecule has 37 heavy (non-hydrogen) atoms. The minimum Gasteiger partial charge on any atom is -0.337 e. The number of carbonyl (C=O) groups excluding carboxylic acids is 2. The predicted octanol–water partition coefficient (Wildman–Crippen LogP) is 3.45. The van der Waals surface area contributed by atoms with Crippen molar-refractivity contribution in [3.8, 4) is 0 Å². The van der Waals surface area contributed by atoms with E-state index >= 15 is 0 Å². The molecule has 0 spiro atoms. The van der Waals surface area contributed by atoms with E-state index in [4.69, 9.17) is 0 Å². The number of nitrogens with zero attached hydrogens (tertiary/aromatic N) is 2. The van der Waals surface area contributed by atoms with Crippen LogP contribution in [0.1, 0.15) is 27.7 Å². The predicted molar refractivity (Wildman–Crippen MR) is 148 cm³/mol. The highest BCUT2D eigenvalue weighted by molar-refractivity contribution is 7.91. The molecule has 2 aromatic rings. The summed E-state index contributed by atoms with van der Waals surface area (Å²) in [5.74, 6) is 0. The van der Waals surface area contributed by atoms with Gasteiger partial charge in [-0.3, -0.25) is 0 Å². The van der Waals surface area contributed by atoms with Crippen LogP contribution in [0.2, 0.25) is 0 Å². The Bertz CT molecular complexity index is 1000. The Labute approximate surface area is 220 Å². The Morgan fingerprint density at radius 2 is 0.946 bits per heavy atom. The molecule has 2 rings (SSSR count). The van der Waals surface area contributed by atoms with E-state index in [0.29, 0.717) is 24.5 Å². The molecular formula is C26H40N6O4S. The van der Waals surface area contributed by atoms with Crippen molar-refractivity contribution in [1.29, 1.82) is 0 Å². The molecule has 0 aliphatic carbocycles. The number of nitrogens with one attached hydrogen (secondary N) is 4. The van der Waals surface area contributed by atoms with Crippen molar-refractivity contribution in [3.63, 3.8) is 0 Å². The summed E-state index contributed by atoms with van der Waals surface area (Å²) >= 11 is 0. The van der Waals surface area contributed by atoms with Gasteiger partial charge in [0.15, 0.2) is 0 Å². The van der Waals surface area contributed by atoms with Gasteiger partial charge in [0.2, 0.25) is 9.84 Å². The van der Waals surface area contributed by atoms with Gasteiger partial charge in [-0.2, -0.15) is 0 Å². The standard InChI is InChI=1S/C26H40N6O4S/c1-5-31(6-2)19-17-27-25(33)29-21-9-13-23(14-10-21)37(35,36)24-15-11-22(12-16-24)30-26(34)28-18-20-32(7-3)8-4/h9-16H,5-8,17-20H2,1-4H3,(H2,27,29,33)(H2,28,30,34). The number of sulfone groups is 1. The normalized spacial score (nSPS) is 11.4. The quantitative estimate of drug-likeness (QED) is 0.296. The summed E-state index contributed by atoms with van der Waals surface area (Å²) in [7, 11) is -3.76. The molecule has 0 aliphatic rings. The number of hydrogen-bond donors (Lipinski definition) is 4. The number of carbonyl (C=O) groups is 2. The minimum absolute atomic E-state index is 0.106. The average Bonchev–Trinajstić information content (AvgIpc) is 2.90. The van der Waals surface area contributed by atoms with Gasteiger partial charge in [0.25, 0.3) is 0 Å². The van der Waals surface area contributed by atoms with Gasteiger partial charge in [-0.1, -0.05) is 27.7 Å². The summed E-state index contributed by atoms with van der Waals surface area (Å²) in [5, 5.41) is 11.0. The van der Waals surface area contributed by atoms with E-state index in [1.54, 1.807) is 24.3 Å². The monoisotopic (exact) mass is 532 g/mol. The summed E-state index contributed by atoms with van der Waals surface area (Å²) in [6.45, 7) is 14.5. The maximum absolute atomic E-state index is 13.0. The molecular weight excluding hydrogens is 492 g/mol. The third-order valence-electron chi connectivity index (χ3n) is 6.06. The molecule has 10 nitrogen and oxygen atoms in total. The van der Waals surface area contributed by atoms with Crippen LogP contribution in [0.25, 0.3) is 0 Å². The maximum Gasteiger partial charge on any atom is 0.319 e. The van der Waals surface area contributed by atoms with E-state index in [9.17, 15) is 18.0 Å². The van der Waals surface area contributed by atoms with E-state index in [2.05, 4.69) is 58.8 Å². The van der Waals surface area contributed by atoms with Crippen LogP contribution in [0.15, 0.2) is 58.3 Å². The molecule has 2 aromatic carbocycles. The van der Waals surface area contributed by atoms with E-state index in [1.807, 2.05) is 0 Å². The summed E-state index contributed by atoms with van der Waals surface area (Å²) in [6.07, 6.45) is 0. The lowest BCUT2D eigenvalue weighted by atomic mass is 10.3. The Morgan fingerprint density at radius 3 is 1.24 bits per heavy atom. The lowest BCUT2D eigenvalue weighted by Gasteiger charge is -2.18. The molecule has 4 N–H and O–H groups in total. The third kappa shape index (κ3) is 9.67. The lowest BCUT2D eigenvalue weighted by Crippen LogP contribution is -2.36. The molecule has 0 aromatic heterocycles. The maximum atomic E-state index is 13.0. The van der Waals surface area contributed by atoms with E-state index < -0.39 is 9.84 Å². The number of anilines is 2. The summed E-state index contributed by atoms with van der Waals surface area (Å²) < 4.78 is 26.0. The highest BCUT2D eigenvalue weighted by Gasteiger charge is 2.18. The second kappa shape index (κ2) is 15.2. The first-order valence-corrected chi connectivity index (χ1v) is 14.2. The van der Waals surface area contributed by atoms with Gasteiger partial charge in [-0.15, -0.1) is 0 Å². The first-order chi connectivity index (χ1) is 17.7. The van der Waals surface area contributed by atoms with Gasteiger partial charge in [-0.25, -0.2) is 18.0 Å². The summed E-state index contributed by atoms with van der Waals surface area (Å²) in [5.41, 5.74) is 0.983. The average molecular weight is 533 g/mol. The van der Waals surface area contributed by atoms with Crippen molar-refractivity contribution >= 4 is 33.3 Å². The topological polar surface area (TPSA) is 123 Å². The van der Waals surface area contributed by atoms with Gasteiger partial charge in [0.05, 0.1) is 9.79 Å². The van der Waals surface area contributed by atoms with Crippen molar-refractivity contribution in [1.82, 2.24) is 20.4 Å². The molecule has 0 saturated heterocycles. The largest absolute Gasteiger partial charge is 0.337 e. The van der Waals surface area contributed by atoms with Crippen molar-refractivity contribution in [2.75, 3.05) is 63.0 Å². The number of hydrogen-bond acceptors (Lipinski definition) is 6. The lowest BCUT2D eigenvalue weighted by molar-refractivity contribution is 0.247. The Hall–Kier alpha value is -3.15. The molecule has 0 aliphatic heterocycles. The van der Waals surface area contributed by atoms with E-state index in [0.717, 1.165) is 39.3 Å². The number of amides is 4. The van der Waals surface area contributed by atoms with Crippen LogP contribution < -0.4 is 21.3 Å². The molecule has 11 heteroatoms. The summed E-state index contributed by atoms with van der Waals surface area (Å²) in [6, 6.07) is 11.3. The molecule has 0 heterocycles. The van der Waals surface area contributed by atoms with Crippen molar-refractivity contribution in [3.05, 3.63) is 48.5 Å². The third-order valence-corrected chi connectivity index (χ3v) is 7.85. The second-order valence-corrected chi connectivity index (χ2v) is 10.3. The fraction of sp³-hybridized carbons (Fsp3) is 0.462.